The molecule has 0 bridgehead atoms. The largest absolute Gasteiger partial charge is 0.361 e. The number of imidazole rings is 1. The summed E-state index contributed by atoms with van der Waals surface area (Å²) in [7, 11) is 0. The normalized spacial score (nSPS) is 19.7. The average Bonchev–Trinajstić information content (AvgIpc) is 3.56. The third-order valence-corrected chi connectivity index (χ3v) is 8.73. The van der Waals surface area contributed by atoms with Crippen LogP contribution in [-0.2, 0) is 16.8 Å². The quantitative estimate of drug-likeness (QED) is 0.285. The number of fused-ring (bicyclic) bond motifs is 1. The smallest absolute Gasteiger partial charge is 0.271 e. The van der Waals surface area contributed by atoms with E-state index < -0.39 is 12.3 Å². The number of aromatic nitrogens is 4. The van der Waals surface area contributed by atoms with Crippen LogP contribution in [0.5, 0.6) is 0 Å². The first-order chi connectivity index (χ1) is 20.3. The van der Waals surface area contributed by atoms with Crippen molar-refractivity contribution in [3.05, 3.63) is 52.0 Å². The number of hydrogen-bond acceptors (Lipinski definition) is 6. The third kappa shape index (κ3) is 6.37. The minimum atomic E-state index is -2.48. The van der Waals surface area contributed by atoms with Gasteiger partial charge in [-0.05, 0) is 42.5 Å². The molecule has 0 radical (unpaired) electrons. The summed E-state index contributed by atoms with van der Waals surface area (Å²) >= 11 is 13.1. The Morgan fingerprint density at radius 2 is 1.95 bits per heavy atom. The molecule has 2 atom stereocenters. The summed E-state index contributed by atoms with van der Waals surface area (Å²) < 4.78 is 28.4. The predicted octanol–water partition coefficient (Wildman–Crippen LogP) is 5.00. The fraction of sp³-hybridized carbons (Fsp3) is 0.517. The number of nitrogens with one attached hydrogen (secondary N) is 3. The second kappa shape index (κ2) is 12.0. The Hall–Kier alpha value is -3.22. The van der Waals surface area contributed by atoms with E-state index in [-0.39, 0.29) is 53.4 Å². The van der Waals surface area contributed by atoms with Crippen LogP contribution < -0.4 is 10.6 Å². The first kappa shape index (κ1) is 31.2. The maximum Gasteiger partial charge on any atom is 0.271 e. The van der Waals surface area contributed by atoms with Gasteiger partial charge in [-0.3, -0.25) is 19.6 Å². The van der Waals surface area contributed by atoms with Gasteiger partial charge in [-0.15, -0.1) is 0 Å². The molecule has 232 valence electrons. The molecule has 43 heavy (non-hydrogen) atoms. The fourth-order valence-electron chi connectivity index (χ4n) is 5.90. The number of carbonyl (C=O) groups excluding carboxylic acids is 2. The van der Waals surface area contributed by atoms with Crippen molar-refractivity contribution in [2.24, 2.45) is 0 Å². The van der Waals surface area contributed by atoms with Crippen molar-refractivity contribution in [1.82, 2.24) is 34.9 Å². The van der Waals surface area contributed by atoms with E-state index in [0.29, 0.717) is 42.7 Å². The molecule has 0 saturated carbocycles. The zero-order valence-corrected chi connectivity index (χ0v) is 26.1. The molecule has 10 nitrogen and oxygen atoms in total. The summed E-state index contributed by atoms with van der Waals surface area (Å²) in [5.41, 5.74) is 1.71. The Morgan fingerprint density at radius 1 is 1.23 bits per heavy atom. The molecule has 5 rings (SSSR count). The number of aromatic amines is 1. The third-order valence-electron chi connectivity index (χ3n) is 8.15. The number of amides is 2. The number of H-pyrrole nitrogens is 1. The number of hydrogen-bond donors (Lipinski definition) is 3. The van der Waals surface area contributed by atoms with Crippen molar-refractivity contribution in [3.63, 3.8) is 0 Å². The van der Waals surface area contributed by atoms with Gasteiger partial charge in [-0.2, -0.15) is 5.10 Å². The van der Waals surface area contributed by atoms with Gasteiger partial charge in [0.2, 0.25) is 5.91 Å². The van der Waals surface area contributed by atoms with Crippen LogP contribution in [0.25, 0.3) is 10.9 Å². The topological polar surface area (TPSA) is 111 Å². The maximum atomic E-state index is 13.6. The van der Waals surface area contributed by atoms with Gasteiger partial charge in [0.05, 0.1) is 24.6 Å². The van der Waals surface area contributed by atoms with Crippen LogP contribution in [0.1, 0.15) is 62.0 Å². The standard InChI is InChI=1S/C29H36Cl2F2N8O2/c1-6-24(42)40-11-16(12-40)35-28(43)25-26(31)36-23(41(25)17-7-15(2)39(13-17)14-22(32)33)10-34-27-18-8-19(29(3,4)5)20(30)9-21(18)37-38-27/h6,8-9,15-17,22H,1,7,10-14H2,2-5H3,(H,35,43)(H2,34,37,38)/t15-,17-/m1/s1. The van der Waals surface area contributed by atoms with E-state index in [0.717, 1.165) is 16.5 Å². The molecular formula is C29H36Cl2F2N8O2. The average molecular weight is 638 g/mol. The molecule has 0 aliphatic carbocycles. The summed E-state index contributed by atoms with van der Waals surface area (Å²) in [5, 5.41) is 15.2. The summed E-state index contributed by atoms with van der Waals surface area (Å²) in [6, 6.07) is 3.15. The van der Waals surface area contributed by atoms with E-state index in [1.165, 1.54) is 6.08 Å². The van der Waals surface area contributed by atoms with Crippen molar-refractivity contribution in [3.8, 4) is 0 Å². The van der Waals surface area contributed by atoms with Crippen molar-refractivity contribution in [1.29, 1.82) is 0 Å². The summed E-state index contributed by atoms with van der Waals surface area (Å²) in [6.45, 7) is 12.5. The molecule has 4 heterocycles. The number of halogens is 4. The first-order valence-electron chi connectivity index (χ1n) is 14.2. The van der Waals surface area contributed by atoms with E-state index in [2.05, 4.69) is 53.2 Å². The molecule has 2 aromatic heterocycles. The molecule has 2 aliphatic heterocycles. The summed E-state index contributed by atoms with van der Waals surface area (Å²) in [5.74, 6) is 0.414. The number of anilines is 1. The van der Waals surface area contributed by atoms with Crippen LogP contribution in [0.15, 0.2) is 24.8 Å². The van der Waals surface area contributed by atoms with Crippen LogP contribution in [0.2, 0.25) is 10.2 Å². The molecule has 3 N–H and O–H groups in total. The van der Waals surface area contributed by atoms with Gasteiger partial charge < -0.3 is 20.1 Å². The minimum Gasteiger partial charge on any atom is -0.361 e. The molecule has 14 heteroatoms. The highest BCUT2D eigenvalue weighted by Crippen LogP contribution is 2.36. The number of alkyl halides is 2. The molecule has 2 saturated heterocycles. The molecule has 1 aromatic carbocycles. The molecular weight excluding hydrogens is 601 g/mol. The molecule has 2 amide bonds. The molecule has 0 spiro atoms. The van der Waals surface area contributed by atoms with Crippen molar-refractivity contribution in [2.75, 3.05) is 31.5 Å². The zero-order chi connectivity index (χ0) is 31.2. The van der Waals surface area contributed by atoms with Gasteiger partial charge in [-0.1, -0.05) is 50.6 Å². The summed E-state index contributed by atoms with van der Waals surface area (Å²) in [6.07, 6.45) is -0.705. The predicted molar refractivity (Wildman–Crippen MR) is 163 cm³/mol. The maximum absolute atomic E-state index is 13.6. The van der Waals surface area contributed by atoms with Crippen LogP contribution >= 0.6 is 23.2 Å². The van der Waals surface area contributed by atoms with Gasteiger partial charge >= 0.3 is 0 Å². The van der Waals surface area contributed by atoms with Gasteiger partial charge in [0.1, 0.15) is 11.5 Å². The highest BCUT2D eigenvalue weighted by Gasteiger charge is 2.38. The Kier molecular flexibility index (Phi) is 8.75. The SMILES string of the molecule is C=CC(=O)N1CC(NC(=O)c2c(Cl)nc(CNc3n[nH]c4cc(Cl)c(C(C)(C)C)cc34)n2[C@@H]2C[C@@H](C)N(CC(F)F)C2)C1. The first-order valence-corrected chi connectivity index (χ1v) is 14.9. The van der Waals surface area contributed by atoms with Crippen LogP contribution in [0.3, 0.4) is 0 Å². The summed E-state index contributed by atoms with van der Waals surface area (Å²) in [4.78, 5) is 33.2. The van der Waals surface area contributed by atoms with Crippen LogP contribution in [0.4, 0.5) is 14.6 Å². The lowest BCUT2D eigenvalue weighted by atomic mass is 9.86. The highest BCUT2D eigenvalue weighted by atomic mass is 35.5. The lowest BCUT2D eigenvalue weighted by molar-refractivity contribution is -0.130. The number of rotatable bonds is 9. The number of benzene rings is 1. The molecule has 2 fully saturated rings. The van der Waals surface area contributed by atoms with Crippen LogP contribution in [0, 0.1) is 0 Å². The Morgan fingerprint density at radius 3 is 2.60 bits per heavy atom. The number of carbonyl (C=O) groups is 2. The van der Waals surface area contributed by atoms with E-state index in [1.807, 2.05) is 19.1 Å². The lowest BCUT2D eigenvalue weighted by Gasteiger charge is -2.39. The molecule has 0 unspecified atom stereocenters. The fourth-order valence-corrected chi connectivity index (χ4v) is 6.62. The second-order valence-electron chi connectivity index (χ2n) is 12.3. The van der Waals surface area contributed by atoms with Crippen molar-refractivity contribution < 1.29 is 18.4 Å². The second-order valence-corrected chi connectivity index (χ2v) is 13.1. The van der Waals surface area contributed by atoms with Crippen molar-refractivity contribution >= 4 is 51.7 Å². The Labute approximate surface area is 258 Å². The van der Waals surface area contributed by atoms with Gasteiger partial charge in [-0.25, -0.2) is 13.8 Å². The van der Waals surface area contributed by atoms with E-state index in [1.54, 1.807) is 14.4 Å². The van der Waals surface area contributed by atoms with E-state index >= 15 is 0 Å². The Bertz CT molecular complexity index is 1540. The van der Waals surface area contributed by atoms with E-state index in [4.69, 9.17) is 23.2 Å². The molecule has 3 aromatic rings. The van der Waals surface area contributed by atoms with Crippen molar-refractivity contribution in [2.45, 2.75) is 70.6 Å². The molecule has 2 aliphatic rings. The van der Waals surface area contributed by atoms with Crippen LogP contribution in [-0.4, -0.2) is 86.1 Å². The number of likely N-dealkylation sites (tertiary alicyclic amines) is 2. The van der Waals surface area contributed by atoms with Gasteiger partial charge in [0.15, 0.2) is 11.0 Å². The number of nitrogens with zero attached hydrogens (tertiary/aromatic N) is 5. The monoisotopic (exact) mass is 636 g/mol. The van der Waals surface area contributed by atoms with Gasteiger partial charge in [0.25, 0.3) is 12.3 Å². The lowest BCUT2D eigenvalue weighted by Crippen LogP contribution is -2.60. The minimum absolute atomic E-state index is 0.0151. The Balaban J connectivity index is 1.43. The van der Waals surface area contributed by atoms with Gasteiger partial charge in [0, 0.05) is 42.1 Å². The highest BCUT2D eigenvalue weighted by molar-refractivity contribution is 6.32. The van der Waals surface area contributed by atoms with E-state index in [9.17, 15) is 18.4 Å². The zero-order valence-electron chi connectivity index (χ0n) is 24.6.